The molecule has 0 saturated heterocycles. The maximum absolute atomic E-state index is 11.7. The lowest BCUT2D eigenvalue weighted by Gasteiger charge is -2.19. The second-order valence-electron chi connectivity index (χ2n) is 5.98. The lowest BCUT2D eigenvalue weighted by molar-refractivity contribution is -0.150. The van der Waals surface area contributed by atoms with Crippen LogP contribution in [0.3, 0.4) is 0 Å². The van der Waals surface area contributed by atoms with Crippen molar-refractivity contribution in [1.82, 2.24) is 0 Å². The van der Waals surface area contributed by atoms with Gasteiger partial charge >= 0.3 is 5.97 Å². The van der Waals surface area contributed by atoms with Gasteiger partial charge in [0, 0.05) is 0 Å². The Morgan fingerprint density at radius 2 is 1.75 bits per heavy atom. The number of ether oxygens (including phenoxy) is 1. The number of sulfonamides is 1. The van der Waals surface area contributed by atoms with Gasteiger partial charge in [0.05, 0.1) is 11.3 Å². The maximum Gasteiger partial charge on any atom is 0.306 e. The van der Waals surface area contributed by atoms with E-state index in [1.165, 1.54) is 12.1 Å². The number of rotatable bonds is 4. The summed E-state index contributed by atoms with van der Waals surface area (Å²) in [6, 6.07) is 5.99. The summed E-state index contributed by atoms with van der Waals surface area (Å²) >= 11 is 0. The van der Waals surface area contributed by atoms with Crippen LogP contribution < -0.4 is 5.14 Å². The molecule has 0 amide bonds. The zero-order chi connectivity index (χ0) is 15.6. The predicted octanol–water partition coefficient (Wildman–Crippen LogP) is 2.37. The van der Waals surface area contributed by atoms with Crippen molar-refractivity contribution in [2.45, 2.75) is 45.1 Å². The quantitative estimate of drug-likeness (QED) is 0.865. The fourth-order valence-electron chi connectivity index (χ4n) is 1.67. The lowest BCUT2D eigenvalue weighted by atomic mass is 9.92. The van der Waals surface area contributed by atoms with Crippen molar-refractivity contribution in [2.24, 2.45) is 10.6 Å². The molecule has 5 nitrogen and oxygen atoms in total. The van der Waals surface area contributed by atoms with Gasteiger partial charge in [-0.1, -0.05) is 32.9 Å². The highest BCUT2D eigenvalue weighted by molar-refractivity contribution is 7.89. The summed E-state index contributed by atoms with van der Waals surface area (Å²) in [6.07, 6.45) is -0.105. The van der Waals surface area contributed by atoms with E-state index in [0.717, 1.165) is 5.56 Å². The van der Waals surface area contributed by atoms with Crippen molar-refractivity contribution < 1.29 is 17.9 Å². The molecular weight excluding hydrogens is 278 g/mol. The molecule has 0 bridgehead atoms. The van der Waals surface area contributed by atoms with Gasteiger partial charge in [0.1, 0.15) is 6.10 Å². The van der Waals surface area contributed by atoms with E-state index in [1.807, 2.05) is 20.8 Å². The van der Waals surface area contributed by atoms with Crippen LogP contribution >= 0.6 is 0 Å². The van der Waals surface area contributed by atoms with Gasteiger partial charge in [-0.25, -0.2) is 13.6 Å². The summed E-state index contributed by atoms with van der Waals surface area (Å²) in [4.78, 5) is 11.8. The van der Waals surface area contributed by atoms with Crippen molar-refractivity contribution in [3.63, 3.8) is 0 Å². The fourth-order valence-corrected chi connectivity index (χ4v) is 2.18. The molecule has 0 spiro atoms. The summed E-state index contributed by atoms with van der Waals surface area (Å²) in [7, 11) is -3.70. The van der Waals surface area contributed by atoms with Crippen LogP contribution in [0.5, 0.6) is 0 Å². The lowest BCUT2D eigenvalue weighted by Crippen LogP contribution is -2.17. The molecule has 0 aliphatic carbocycles. The number of hydrogen-bond donors (Lipinski definition) is 1. The third-order valence-corrected chi connectivity index (χ3v) is 3.59. The monoisotopic (exact) mass is 299 g/mol. The van der Waals surface area contributed by atoms with Crippen LogP contribution in [-0.2, 0) is 19.6 Å². The first-order valence-electron chi connectivity index (χ1n) is 6.31. The van der Waals surface area contributed by atoms with Gasteiger partial charge in [-0.2, -0.15) is 0 Å². The van der Waals surface area contributed by atoms with Gasteiger partial charge in [-0.3, -0.25) is 4.79 Å². The molecule has 1 unspecified atom stereocenters. The average Bonchev–Trinajstić information content (AvgIpc) is 2.25. The van der Waals surface area contributed by atoms with E-state index in [2.05, 4.69) is 0 Å². The highest BCUT2D eigenvalue weighted by Gasteiger charge is 2.19. The maximum atomic E-state index is 11.7. The molecule has 112 valence electrons. The number of primary sulfonamides is 1. The molecule has 20 heavy (non-hydrogen) atoms. The summed E-state index contributed by atoms with van der Waals surface area (Å²) in [5, 5.41) is 5.02. The van der Waals surface area contributed by atoms with E-state index in [9.17, 15) is 13.2 Å². The molecule has 0 fully saturated rings. The first kappa shape index (κ1) is 16.7. The van der Waals surface area contributed by atoms with E-state index < -0.39 is 16.1 Å². The topological polar surface area (TPSA) is 86.5 Å². The molecule has 1 aromatic carbocycles. The van der Waals surface area contributed by atoms with E-state index in [1.54, 1.807) is 19.1 Å². The SMILES string of the molecule is CC(OC(=O)CC(C)(C)C)c1ccc(S(N)(=O)=O)cc1. The van der Waals surface area contributed by atoms with Gasteiger partial charge in [-0.05, 0) is 30.0 Å². The molecule has 0 saturated carbocycles. The zero-order valence-corrected chi connectivity index (χ0v) is 13.0. The highest BCUT2D eigenvalue weighted by Crippen LogP contribution is 2.23. The summed E-state index contributed by atoms with van der Waals surface area (Å²) < 4.78 is 27.6. The summed E-state index contributed by atoms with van der Waals surface area (Å²) in [6.45, 7) is 7.62. The molecule has 2 N–H and O–H groups in total. The molecule has 0 radical (unpaired) electrons. The number of carbonyl (C=O) groups excluding carboxylic acids is 1. The Bertz CT molecular complexity index is 570. The molecule has 0 aromatic heterocycles. The van der Waals surface area contributed by atoms with Gasteiger partial charge in [0.25, 0.3) is 0 Å². The number of benzene rings is 1. The molecule has 0 aliphatic heterocycles. The van der Waals surface area contributed by atoms with Gasteiger partial charge < -0.3 is 4.74 Å². The Morgan fingerprint density at radius 1 is 1.25 bits per heavy atom. The molecule has 1 aromatic rings. The van der Waals surface area contributed by atoms with Gasteiger partial charge in [-0.15, -0.1) is 0 Å². The van der Waals surface area contributed by atoms with Crippen molar-refractivity contribution in [2.75, 3.05) is 0 Å². The average molecular weight is 299 g/mol. The Balaban J connectivity index is 2.74. The minimum Gasteiger partial charge on any atom is -0.458 e. The first-order valence-corrected chi connectivity index (χ1v) is 7.86. The van der Waals surface area contributed by atoms with E-state index in [4.69, 9.17) is 9.88 Å². The van der Waals surface area contributed by atoms with E-state index in [0.29, 0.717) is 6.42 Å². The van der Waals surface area contributed by atoms with E-state index >= 15 is 0 Å². The Morgan fingerprint density at radius 3 is 2.15 bits per heavy atom. The fraction of sp³-hybridized carbons (Fsp3) is 0.500. The first-order chi connectivity index (χ1) is 8.99. The van der Waals surface area contributed by atoms with Crippen molar-refractivity contribution in [3.8, 4) is 0 Å². The summed E-state index contributed by atoms with van der Waals surface area (Å²) in [5.41, 5.74) is 0.591. The minimum atomic E-state index is -3.70. The smallest absolute Gasteiger partial charge is 0.306 e. The Labute approximate surface area is 120 Å². The number of esters is 1. The van der Waals surface area contributed by atoms with Crippen molar-refractivity contribution in [1.29, 1.82) is 0 Å². The number of carbonyl (C=O) groups is 1. The molecular formula is C14H21NO4S. The normalized spacial score (nSPS) is 13.8. The van der Waals surface area contributed by atoms with Crippen LogP contribution in [0.15, 0.2) is 29.2 Å². The van der Waals surface area contributed by atoms with Gasteiger partial charge in [0.15, 0.2) is 0 Å². The van der Waals surface area contributed by atoms with Crippen LogP contribution in [0.25, 0.3) is 0 Å². The largest absolute Gasteiger partial charge is 0.458 e. The third-order valence-electron chi connectivity index (χ3n) is 2.66. The van der Waals surface area contributed by atoms with Crippen LogP contribution in [0.1, 0.15) is 45.8 Å². The van der Waals surface area contributed by atoms with Crippen molar-refractivity contribution >= 4 is 16.0 Å². The highest BCUT2D eigenvalue weighted by atomic mass is 32.2. The second-order valence-corrected chi connectivity index (χ2v) is 7.54. The number of hydrogen-bond acceptors (Lipinski definition) is 4. The summed E-state index contributed by atoms with van der Waals surface area (Å²) in [5.74, 6) is -0.277. The zero-order valence-electron chi connectivity index (χ0n) is 12.2. The van der Waals surface area contributed by atoms with Crippen LogP contribution in [0.4, 0.5) is 0 Å². The second kappa shape index (κ2) is 5.93. The number of nitrogens with two attached hydrogens (primary N) is 1. The molecule has 0 heterocycles. The van der Waals surface area contributed by atoms with Crippen LogP contribution in [0, 0.1) is 5.41 Å². The minimum absolute atomic E-state index is 0.0365. The Hall–Kier alpha value is -1.40. The van der Waals surface area contributed by atoms with Gasteiger partial charge in [0.2, 0.25) is 10.0 Å². The molecule has 6 heteroatoms. The Kier molecular flexibility index (Phi) is 4.94. The van der Waals surface area contributed by atoms with E-state index in [-0.39, 0.29) is 16.3 Å². The standard InChI is InChI=1S/C14H21NO4S/c1-10(19-13(16)9-14(2,3)4)11-5-7-12(8-6-11)20(15,17)18/h5-8,10H,9H2,1-4H3,(H2,15,17,18). The van der Waals surface area contributed by atoms with Crippen LogP contribution in [-0.4, -0.2) is 14.4 Å². The molecule has 0 aliphatic rings. The molecule has 1 rings (SSSR count). The van der Waals surface area contributed by atoms with Crippen LogP contribution in [0.2, 0.25) is 0 Å². The molecule has 1 atom stereocenters. The third kappa shape index (κ3) is 5.30. The van der Waals surface area contributed by atoms with Crippen molar-refractivity contribution in [3.05, 3.63) is 29.8 Å². The predicted molar refractivity (Wildman–Crippen MR) is 76.4 cm³/mol.